The Kier molecular flexibility index (Phi) is 7.04. The van der Waals surface area contributed by atoms with E-state index in [0.29, 0.717) is 23.6 Å². The number of halogens is 1. The van der Waals surface area contributed by atoms with Gasteiger partial charge in [-0.3, -0.25) is 9.59 Å². The fourth-order valence-electron chi connectivity index (χ4n) is 2.43. The van der Waals surface area contributed by atoms with E-state index in [9.17, 15) is 9.59 Å². The summed E-state index contributed by atoms with van der Waals surface area (Å²) in [6.45, 7) is 2.01. The molecule has 2 aromatic rings. The van der Waals surface area contributed by atoms with Crippen molar-refractivity contribution in [2.24, 2.45) is 0 Å². The van der Waals surface area contributed by atoms with Crippen molar-refractivity contribution in [3.05, 3.63) is 58.6 Å². The van der Waals surface area contributed by atoms with Crippen LogP contribution < -0.4 is 10.6 Å². The zero-order valence-corrected chi connectivity index (χ0v) is 16.1. The van der Waals surface area contributed by atoms with E-state index >= 15 is 0 Å². The number of amides is 2. The molecule has 2 amide bonds. The van der Waals surface area contributed by atoms with Crippen LogP contribution in [0.25, 0.3) is 0 Å². The normalized spacial score (nSPS) is 10.3. The van der Waals surface area contributed by atoms with E-state index in [4.69, 9.17) is 11.6 Å². The quantitative estimate of drug-likeness (QED) is 0.777. The van der Waals surface area contributed by atoms with Crippen molar-refractivity contribution in [2.75, 3.05) is 31.3 Å². The monoisotopic (exact) mass is 373 g/mol. The van der Waals surface area contributed by atoms with Gasteiger partial charge in [0.1, 0.15) is 0 Å². The van der Waals surface area contributed by atoms with Crippen molar-refractivity contribution >= 4 is 34.8 Å². The first kappa shape index (κ1) is 19.8. The number of nitrogens with zero attached hydrogens (tertiary/aromatic N) is 1. The number of hydrogen-bond donors (Lipinski definition) is 2. The Bertz CT molecular complexity index is 790. The minimum Gasteiger partial charge on any atom is -0.376 e. The van der Waals surface area contributed by atoms with Gasteiger partial charge in [0.2, 0.25) is 11.8 Å². The summed E-state index contributed by atoms with van der Waals surface area (Å²) in [6, 6.07) is 13.2. The molecule has 0 unspecified atom stereocenters. The molecule has 6 heteroatoms. The molecule has 0 aliphatic rings. The van der Waals surface area contributed by atoms with Gasteiger partial charge in [-0.1, -0.05) is 29.8 Å². The van der Waals surface area contributed by atoms with E-state index in [1.807, 2.05) is 37.3 Å². The van der Waals surface area contributed by atoms with Crippen molar-refractivity contribution in [3.8, 4) is 0 Å². The van der Waals surface area contributed by atoms with Gasteiger partial charge in [0.25, 0.3) is 0 Å². The lowest BCUT2D eigenvalue weighted by molar-refractivity contribution is -0.128. The molecule has 2 aromatic carbocycles. The summed E-state index contributed by atoms with van der Waals surface area (Å²) in [4.78, 5) is 25.4. The summed E-state index contributed by atoms with van der Waals surface area (Å²) in [6.07, 6.45) is 1.13. The van der Waals surface area contributed by atoms with Crippen molar-refractivity contribution in [1.29, 1.82) is 0 Å². The van der Waals surface area contributed by atoms with Crippen LogP contribution in [-0.2, 0) is 16.0 Å². The summed E-state index contributed by atoms with van der Waals surface area (Å²) in [5, 5.41) is 6.58. The molecule has 0 bridgehead atoms. The molecule has 26 heavy (non-hydrogen) atoms. The number of nitrogens with one attached hydrogen (secondary N) is 2. The minimum absolute atomic E-state index is 0.0969. The predicted molar refractivity (Wildman–Crippen MR) is 107 cm³/mol. The van der Waals surface area contributed by atoms with Gasteiger partial charge in [0.15, 0.2) is 0 Å². The lowest BCUT2D eigenvalue weighted by Gasteiger charge is -2.12. The highest BCUT2D eigenvalue weighted by Gasteiger charge is 2.08. The molecule has 0 aliphatic heterocycles. The maximum atomic E-state index is 12.2. The Morgan fingerprint density at radius 1 is 1.12 bits per heavy atom. The minimum atomic E-state index is -0.149. The van der Waals surface area contributed by atoms with E-state index in [1.54, 1.807) is 31.1 Å². The SMILES string of the molecule is Cc1c(Cl)cccc1NC(=O)CNc1cccc(CCC(=O)N(C)C)c1. The van der Waals surface area contributed by atoms with Crippen LogP contribution in [0.4, 0.5) is 11.4 Å². The third-order valence-corrected chi connectivity index (χ3v) is 4.46. The number of benzene rings is 2. The molecular formula is C20H24ClN3O2. The number of anilines is 2. The van der Waals surface area contributed by atoms with Gasteiger partial charge in [-0.05, 0) is 48.7 Å². The summed E-state index contributed by atoms with van der Waals surface area (Å²) >= 11 is 6.07. The maximum Gasteiger partial charge on any atom is 0.243 e. The molecule has 138 valence electrons. The van der Waals surface area contributed by atoms with Gasteiger partial charge in [-0.25, -0.2) is 0 Å². The lowest BCUT2D eigenvalue weighted by atomic mass is 10.1. The van der Waals surface area contributed by atoms with Crippen LogP contribution in [0, 0.1) is 6.92 Å². The predicted octanol–water partition coefficient (Wildman–Crippen LogP) is 3.72. The maximum absolute atomic E-state index is 12.2. The van der Waals surface area contributed by atoms with Crippen LogP contribution in [0.15, 0.2) is 42.5 Å². The van der Waals surface area contributed by atoms with Crippen molar-refractivity contribution < 1.29 is 9.59 Å². The molecule has 2 N–H and O–H groups in total. The second kappa shape index (κ2) is 9.25. The van der Waals surface area contributed by atoms with Crippen molar-refractivity contribution in [1.82, 2.24) is 4.90 Å². The number of hydrogen-bond acceptors (Lipinski definition) is 3. The average Bonchev–Trinajstić information content (AvgIpc) is 2.62. The fourth-order valence-corrected chi connectivity index (χ4v) is 2.61. The third kappa shape index (κ3) is 5.77. The third-order valence-electron chi connectivity index (χ3n) is 4.05. The largest absolute Gasteiger partial charge is 0.376 e. The number of carbonyl (C=O) groups is 2. The average molecular weight is 374 g/mol. The molecule has 0 heterocycles. The second-order valence-corrected chi connectivity index (χ2v) is 6.71. The Labute approximate surface area is 159 Å². The van der Waals surface area contributed by atoms with Crippen molar-refractivity contribution in [3.63, 3.8) is 0 Å². The Hall–Kier alpha value is -2.53. The van der Waals surface area contributed by atoms with Crippen molar-refractivity contribution in [2.45, 2.75) is 19.8 Å². The fraction of sp³-hybridized carbons (Fsp3) is 0.300. The summed E-state index contributed by atoms with van der Waals surface area (Å²) in [5.41, 5.74) is 3.45. The standard InChI is InChI=1S/C20H24ClN3O2/c1-14-17(21)8-5-9-18(14)23-19(25)13-22-16-7-4-6-15(12-16)10-11-20(26)24(2)3/h4-9,12,22H,10-11,13H2,1-3H3,(H,23,25). The second-order valence-electron chi connectivity index (χ2n) is 6.30. The molecule has 0 saturated heterocycles. The first-order valence-corrected chi connectivity index (χ1v) is 8.82. The van der Waals surface area contributed by atoms with Crippen LogP contribution in [0.5, 0.6) is 0 Å². The zero-order chi connectivity index (χ0) is 19.1. The number of rotatable bonds is 7. The van der Waals surface area contributed by atoms with Crippen LogP contribution >= 0.6 is 11.6 Å². The molecule has 0 aromatic heterocycles. The van der Waals surface area contributed by atoms with E-state index < -0.39 is 0 Å². The molecular weight excluding hydrogens is 350 g/mol. The van der Waals surface area contributed by atoms with Gasteiger partial charge in [0, 0.05) is 36.9 Å². The van der Waals surface area contributed by atoms with E-state index in [1.165, 1.54) is 0 Å². The number of carbonyl (C=O) groups excluding carboxylic acids is 2. The number of aryl methyl sites for hydroxylation is 1. The Morgan fingerprint density at radius 3 is 2.58 bits per heavy atom. The summed E-state index contributed by atoms with van der Waals surface area (Å²) in [7, 11) is 3.50. The first-order valence-electron chi connectivity index (χ1n) is 8.44. The molecule has 5 nitrogen and oxygen atoms in total. The Balaban J connectivity index is 1.89. The molecule has 0 aliphatic carbocycles. The summed E-state index contributed by atoms with van der Waals surface area (Å²) < 4.78 is 0. The van der Waals surface area contributed by atoms with Gasteiger partial charge >= 0.3 is 0 Å². The van der Waals surface area contributed by atoms with Crippen LogP contribution in [0.3, 0.4) is 0 Å². The molecule has 0 atom stereocenters. The van der Waals surface area contributed by atoms with Gasteiger partial charge < -0.3 is 15.5 Å². The van der Waals surface area contributed by atoms with E-state index in [0.717, 1.165) is 16.8 Å². The smallest absolute Gasteiger partial charge is 0.243 e. The molecule has 0 spiro atoms. The van der Waals surface area contributed by atoms with E-state index in [2.05, 4.69) is 10.6 Å². The van der Waals surface area contributed by atoms with Gasteiger partial charge in [0.05, 0.1) is 6.54 Å². The topological polar surface area (TPSA) is 61.4 Å². The highest BCUT2D eigenvalue weighted by molar-refractivity contribution is 6.31. The molecule has 0 saturated carbocycles. The van der Waals surface area contributed by atoms with Crippen LogP contribution in [0.1, 0.15) is 17.5 Å². The zero-order valence-electron chi connectivity index (χ0n) is 15.3. The molecule has 0 radical (unpaired) electrons. The van der Waals surface area contributed by atoms with Crippen LogP contribution in [0.2, 0.25) is 5.02 Å². The van der Waals surface area contributed by atoms with Crippen LogP contribution in [-0.4, -0.2) is 37.4 Å². The summed E-state index contributed by atoms with van der Waals surface area (Å²) in [5.74, 6) is -0.0526. The Morgan fingerprint density at radius 2 is 1.85 bits per heavy atom. The highest BCUT2D eigenvalue weighted by Crippen LogP contribution is 2.22. The van der Waals surface area contributed by atoms with E-state index in [-0.39, 0.29) is 18.4 Å². The lowest BCUT2D eigenvalue weighted by Crippen LogP contribution is -2.22. The van der Waals surface area contributed by atoms with Gasteiger partial charge in [-0.2, -0.15) is 0 Å². The first-order chi connectivity index (χ1) is 12.4. The van der Waals surface area contributed by atoms with Gasteiger partial charge in [-0.15, -0.1) is 0 Å². The molecule has 0 fully saturated rings. The molecule has 2 rings (SSSR count). The highest BCUT2D eigenvalue weighted by atomic mass is 35.5.